The molecule has 37 heavy (non-hydrogen) atoms. The van der Waals surface area contributed by atoms with Crippen molar-refractivity contribution in [1.29, 1.82) is 0 Å². The molecule has 2 aromatic heterocycles. The number of aliphatic hydroxyl groups is 1. The van der Waals surface area contributed by atoms with Crippen LogP contribution in [0.3, 0.4) is 0 Å². The number of nitrogens with zero attached hydrogens (tertiary/aromatic N) is 2. The molecule has 5 aromatic rings. The van der Waals surface area contributed by atoms with Crippen LogP contribution < -0.4 is 9.64 Å². The highest BCUT2D eigenvalue weighted by Crippen LogP contribution is 2.45. The number of hydrogen-bond acceptors (Lipinski definition) is 7. The van der Waals surface area contributed by atoms with Gasteiger partial charge >= 0.3 is 0 Å². The Morgan fingerprint density at radius 3 is 2.81 bits per heavy atom. The molecule has 7 nitrogen and oxygen atoms in total. The molecule has 0 aliphatic carbocycles. The summed E-state index contributed by atoms with van der Waals surface area (Å²) in [6.45, 7) is 0. The van der Waals surface area contributed by atoms with E-state index >= 15 is 0 Å². The van der Waals surface area contributed by atoms with Crippen LogP contribution in [0, 0.1) is 5.82 Å². The standard InChI is InChI=1S/C27H16BrFN2O5S/c1-35-17-4-2-3-13(10-17)23-22(24(32)20-11-14-9-15(28)5-8-19(14)36-20)25(33)26(34)31(23)27-30-18-7-6-16(29)12-21(18)37-27/h2-12,23,33H,1H3. The number of aromatic nitrogens is 1. The van der Waals surface area contributed by atoms with Crippen LogP contribution in [0.1, 0.15) is 22.2 Å². The zero-order chi connectivity index (χ0) is 25.8. The first-order chi connectivity index (χ1) is 17.8. The number of hydrogen-bond donors (Lipinski definition) is 1. The smallest absolute Gasteiger partial charge is 0.296 e. The monoisotopic (exact) mass is 578 g/mol. The Labute approximate surface area is 221 Å². The van der Waals surface area contributed by atoms with Crippen molar-refractivity contribution in [2.24, 2.45) is 0 Å². The van der Waals surface area contributed by atoms with Crippen LogP contribution in [0.25, 0.3) is 21.2 Å². The van der Waals surface area contributed by atoms with Gasteiger partial charge in [-0.15, -0.1) is 0 Å². The molecule has 0 saturated heterocycles. The summed E-state index contributed by atoms with van der Waals surface area (Å²) in [6, 6.07) is 16.8. The van der Waals surface area contributed by atoms with Gasteiger partial charge in [0.05, 0.1) is 28.9 Å². The molecule has 0 fully saturated rings. The third kappa shape index (κ3) is 3.89. The molecule has 0 spiro atoms. The van der Waals surface area contributed by atoms with E-state index in [2.05, 4.69) is 20.9 Å². The van der Waals surface area contributed by atoms with Gasteiger partial charge in [-0.25, -0.2) is 9.37 Å². The first kappa shape index (κ1) is 23.4. The fraction of sp³-hybridized carbons (Fsp3) is 0.0741. The fourth-order valence-electron chi connectivity index (χ4n) is 4.41. The molecule has 1 aliphatic rings. The van der Waals surface area contributed by atoms with Crippen LogP contribution in [-0.4, -0.2) is 28.9 Å². The van der Waals surface area contributed by atoms with Crippen molar-refractivity contribution in [1.82, 2.24) is 4.98 Å². The largest absolute Gasteiger partial charge is 0.503 e. The lowest BCUT2D eigenvalue weighted by Crippen LogP contribution is -2.31. The predicted molar refractivity (Wildman–Crippen MR) is 141 cm³/mol. The van der Waals surface area contributed by atoms with Crippen LogP contribution in [0.4, 0.5) is 9.52 Å². The first-order valence-electron chi connectivity index (χ1n) is 11.0. The van der Waals surface area contributed by atoms with E-state index in [0.717, 1.165) is 15.8 Å². The van der Waals surface area contributed by atoms with Gasteiger partial charge in [0.25, 0.3) is 5.91 Å². The Hall–Kier alpha value is -4.02. The summed E-state index contributed by atoms with van der Waals surface area (Å²) in [5.74, 6) is -2.10. The zero-order valence-electron chi connectivity index (χ0n) is 19.1. The van der Waals surface area contributed by atoms with Gasteiger partial charge in [-0.3, -0.25) is 14.5 Å². The SMILES string of the molecule is COc1cccc(C2C(C(=O)c3cc4cc(Br)ccc4o3)=C(O)C(=O)N2c2nc3ccc(F)cc3s2)c1. The van der Waals surface area contributed by atoms with Crippen molar-refractivity contribution in [2.45, 2.75) is 6.04 Å². The lowest BCUT2D eigenvalue weighted by atomic mass is 9.95. The van der Waals surface area contributed by atoms with Gasteiger partial charge in [0, 0.05) is 9.86 Å². The maximum absolute atomic E-state index is 13.8. The normalized spacial score (nSPS) is 15.8. The number of aliphatic hydroxyl groups excluding tert-OH is 1. The number of methoxy groups -OCH3 is 1. The van der Waals surface area contributed by atoms with Crippen molar-refractivity contribution in [3.63, 3.8) is 0 Å². The number of rotatable bonds is 5. The van der Waals surface area contributed by atoms with E-state index in [0.29, 0.717) is 32.5 Å². The molecule has 0 saturated carbocycles. The second-order valence-electron chi connectivity index (χ2n) is 8.35. The molecule has 6 rings (SSSR count). The van der Waals surface area contributed by atoms with Gasteiger partial charge in [0.1, 0.15) is 17.1 Å². The summed E-state index contributed by atoms with van der Waals surface area (Å²) >= 11 is 4.48. The molecule has 0 bridgehead atoms. The van der Waals surface area contributed by atoms with Gasteiger partial charge in [0.2, 0.25) is 5.78 Å². The highest BCUT2D eigenvalue weighted by molar-refractivity contribution is 9.10. The fourth-order valence-corrected chi connectivity index (χ4v) is 5.81. The number of halogens is 2. The zero-order valence-corrected chi connectivity index (χ0v) is 21.5. The Morgan fingerprint density at radius 1 is 1.16 bits per heavy atom. The summed E-state index contributed by atoms with van der Waals surface area (Å²) in [5.41, 5.74) is 1.34. The van der Waals surface area contributed by atoms with Crippen LogP contribution in [0.15, 0.2) is 87.0 Å². The minimum absolute atomic E-state index is 0.0245. The molecule has 3 heterocycles. The summed E-state index contributed by atoms with van der Waals surface area (Å²) in [6.07, 6.45) is 0. The van der Waals surface area contributed by atoms with Crippen LogP contribution in [0.5, 0.6) is 5.75 Å². The van der Waals surface area contributed by atoms with Crippen molar-refractivity contribution in [3.8, 4) is 5.75 Å². The number of ether oxygens (including phenoxy) is 1. The molecule has 1 aliphatic heterocycles. The Balaban J connectivity index is 1.52. The molecule has 184 valence electrons. The summed E-state index contributed by atoms with van der Waals surface area (Å²) < 4.78 is 26.3. The van der Waals surface area contributed by atoms with Gasteiger partial charge in [-0.1, -0.05) is 39.4 Å². The predicted octanol–water partition coefficient (Wildman–Crippen LogP) is 6.74. The highest BCUT2D eigenvalue weighted by Gasteiger charge is 2.46. The van der Waals surface area contributed by atoms with Crippen LogP contribution >= 0.6 is 27.3 Å². The number of amides is 1. The molecular formula is C27H16BrFN2O5S. The molecule has 0 radical (unpaired) electrons. The number of ketones is 1. The average Bonchev–Trinajstić information content (AvgIpc) is 3.57. The van der Waals surface area contributed by atoms with Crippen molar-refractivity contribution in [2.75, 3.05) is 12.0 Å². The average molecular weight is 579 g/mol. The molecule has 1 atom stereocenters. The number of furan rings is 1. The van der Waals surface area contributed by atoms with E-state index in [-0.39, 0.29) is 16.5 Å². The topological polar surface area (TPSA) is 92.9 Å². The number of anilines is 1. The maximum atomic E-state index is 13.8. The Kier molecular flexibility index (Phi) is 5.58. The number of fused-ring (bicyclic) bond motifs is 2. The van der Waals surface area contributed by atoms with E-state index in [4.69, 9.17) is 9.15 Å². The van der Waals surface area contributed by atoms with Gasteiger partial charge < -0.3 is 14.3 Å². The van der Waals surface area contributed by atoms with Gasteiger partial charge in [-0.05, 0) is 60.2 Å². The van der Waals surface area contributed by atoms with E-state index in [1.807, 2.05) is 0 Å². The number of carbonyl (C=O) groups excluding carboxylic acids is 2. The number of carbonyl (C=O) groups is 2. The van der Waals surface area contributed by atoms with E-state index < -0.39 is 29.3 Å². The second-order valence-corrected chi connectivity index (χ2v) is 10.3. The number of benzene rings is 3. The van der Waals surface area contributed by atoms with Gasteiger partial charge in [-0.2, -0.15) is 0 Å². The van der Waals surface area contributed by atoms with Crippen molar-refractivity contribution >= 4 is 65.3 Å². The third-order valence-corrected chi connectivity index (χ3v) is 7.62. The van der Waals surface area contributed by atoms with E-state index in [1.54, 1.807) is 48.5 Å². The Morgan fingerprint density at radius 2 is 2.00 bits per heavy atom. The highest BCUT2D eigenvalue weighted by atomic mass is 79.9. The molecule has 1 unspecified atom stereocenters. The minimum Gasteiger partial charge on any atom is -0.503 e. The summed E-state index contributed by atoms with van der Waals surface area (Å²) in [4.78, 5) is 33.0. The lowest BCUT2D eigenvalue weighted by molar-refractivity contribution is -0.117. The minimum atomic E-state index is -1.03. The quantitative estimate of drug-likeness (QED) is 0.232. The van der Waals surface area contributed by atoms with Gasteiger partial charge in [0.15, 0.2) is 16.7 Å². The molecule has 1 amide bonds. The molecule has 1 N–H and O–H groups in total. The lowest BCUT2D eigenvalue weighted by Gasteiger charge is -2.24. The van der Waals surface area contributed by atoms with Crippen LogP contribution in [-0.2, 0) is 4.79 Å². The van der Waals surface area contributed by atoms with E-state index in [9.17, 15) is 19.1 Å². The number of thiazole rings is 1. The summed E-state index contributed by atoms with van der Waals surface area (Å²) in [7, 11) is 1.50. The van der Waals surface area contributed by atoms with E-state index in [1.165, 1.54) is 30.2 Å². The first-order valence-corrected chi connectivity index (χ1v) is 12.7. The molecular weight excluding hydrogens is 563 g/mol. The van der Waals surface area contributed by atoms with Crippen molar-refractivity contribution < 1.29 is 28.2 Å². The van der Waals surface area contributed by atoms with Crippen LogP contribution in [0.2, 0.25) is 0 Å². The summed E-state index contributed by atoms with van der Waals surface area (Å²) in [5, 5.41) is 11.9. The molecule has 10 heteroatoms. The molecule has 3 aromatic carbocycles. The Bertz CT molecular complexity index is 1780. The number of Topliss-reactive ketones (excluding diaryl/α,β-unsaturated/α-hetero) is 1. The third-order valence-electron chi connectivity index (χ3n) is 6.11. The maximum Gasteiger partial charge on any atom is 0.296 e. The van der Waals surface area contributed by atoms with Crippen molar-refractivity contribution in [3.05, 3.63) is 99.7 Å². The second kappa shape index (κ2) is 8.82.